The second kappa shape index (κ2) is 4.08. The molecule has 3 N–H and O–H groups in total. The van der Waals surface area contributed by atoms with Crippen LogP contribution in [0.4, 0.5) is 0 Å². The smallest absolute Gasteiger partial charge is 0.311 e. The number of thiazole rings is 1. The first-order valence-corrected chi connectivity index (χ1v) is 4.67. The third kappa shape index (κ3) is 2.32. The predicted molar refractivity (Wildman–Crippen MR) is 48.7 cm³/mol. The van der Waals surface area contributed by atoms with Crippen molar-refractivity contribution in [2.24, 2.45) is 0 Å². The van der Waals surface area contributed by atoms with Gasteiger partial charge in [0.2, 0.25) is 4.80 Å². The fourth-order valence-corrected chi connectivity index (χ4v) is 1.53. The van der Waals surface area contributed by atoms with Gasteiger partial charge in [0.25, 0.3) is 0 Å². The summed E-state index contributed by atoms with van der Waals surface area (Å²) in [4.78, 5) is 11.2. The lowest BCUT2D eigenvalue weighted by Gasteiger charge is -2.01. The van der Waals surface area contributed by atoms with Crippen molar-refractivity contribution in [3.63, 3.8) is 0 Å². The molecule has 13 heavy (non-hydrogen) atoms. The maximum atomic E-state index is 11.0. The van der Waals surface area contributed by atoms with Crippen LogP contribution < -0.4 is 10.6 Å². The van der Waals surface area contributed by atoms with Gasteiger partial charge in [-0.25, -0.2) is 4.68 Å². The van der Waals surface area contributed by atoms with Gasteiger partial charge >= 0.3 is 5.97 Å². The first-order chi connectivity index (χ1) is 6.15. The zero-order valence-corrected chi connectivity index (χ0v) is 8.06. The van der Waals surface area contributed by atoms with Crippen LogP contribution in [-0.4, -0.2) is 17.3 Å². The number of nitrogen functional groups attached to an aromatic ring is 1. The highest BCUT2D eigenvalue weighted by molar-refractivity contribution is 7.07. The van der Waals surface area contributed by atoms with E-state index < -0.39 is 0 Å². The van der Waals surface area contributed by atoms with Gasteiger partial charge in [-0.15, -0.1) is 11.3 Å². The Kier molecular flexibility index (Phi) is 3.07. The number of nitrogens with zero attached hydrogens (tertiary/aromatic N) is 1. The van der Waals surface area contributed by atoms with E-state index in [1.54, 1.807) is 12.3 Å². The molecule has 0 atom stereocenters. The summed E-state index contributed by atoms with van der Waals surface area (Å²) in [6.07, 6.45) is 0.125. The van der Waals surface area contributed by atoms with Gasteiger partial charge in [0, 0.05) is 5.38 Å². The molecule has 0 saturated heterocycles. The van der Waals surface area contributed by atoms with Gasteiger partial charge in [-0.1, -0.05) is 0 Å². The molecule has 0 aliphatic carbocycles. The van der Waals surface area contributed by atoms with Gasteiger partial charge in [-0.05, 0) is 6.92 Å². The van der Waals surface area contributed by atoms with Crippen LogP contribution in [0.25, 0.3) is 0 Å². The number of ether oxygens (including phenoxy) is 1. The normalized spacial score (nSPS) is 9.92. The summed E-state index contributed by atoms with van der Waals surface area (Å²) in [6, 6.07) is 0. The molecule has 0 bridgehead atoms. The summed E-state index contributed by atoms with van der Waals surface area (Å²) < 4.78 is 5.93. The van der Waals surface area contributed by atoms with Crippen LogP contribution in [0.2, 0.25) is 0 Å². The molecule has 0 aliphatic heterocycles. The number of aromatic nitrogens is 1. The first-order valence-electron chi connectivity index (χ1n) is 3.80. The van der Waals surface area contributed by atoms with Gasteiger partial charge in [0.05, 0.1) is 18.7 Å². The third-order valence-electron chi connectivity index (χ3n) is 1.47. The van der Waals surface area contributed by atoms with E-state index in [1.807, 2.05) is 0 Å². The highest BCUT2D eigenvalue weighted by atomic mass is 32.1. The minimum atomic E-state index is -0.320. The number of rotatable bonds is 3. The molecule has 72 valence electrons. The monoisotopic (exact) mass is 201 g/mol. The van der Waals surface area contributed by atoms with Crippen LogP contribution in [0.15, 0.2) is 5.38 Å². The Hall–Kier alpha value is -1.30. The van der Waals surface area contributed by atoms with Gasteiger partial charge in [0.15, 0.2) is 0 Å². The number of carbonyl (C=O) groups excluding carboxylic acids is 1. The minimum absolute atomic E-state index is 0.125. The first kappa shape index (κ1) is 9.79. The van der Waals surface area contributed by atoms with Crippen molar-refractivity contribution in [3.8, 4) is 0 Å². The number of nitrogens with one attached hydrogen (secondary N) is 1. The van der Waals surface area contributed by atoms with E-state index in [4.69, 9.17) is 16.0 Å². The van der Waals surface area contributed by atoms with E-state index in [0.29, 0.717) is 12.3 Å². The molecule has 1 aromatic rings. The topological polar surface area (TPSA) is 81.1 Å². The zero-order valence-electron chi connectivity index (χ0n) is 7.24. The van der Waals surface area contributed by atoms with E-state index in [1.165, 1.54) is 16.0 Å². The molecule has 5 nitrogen and oxygen atoms in total. The summed E-state index contributed by atoms with van der Waals surface area (Å²) in [6.45, 7) is 2.11. The van der Waals surface area contributed by atoms with E-state index in [0.717, 1.165) is 0 Å². The van der Waals surface area contributed by atoms with Crippen molar-refractivity contribution in [3.05, 3.63) is 15.9 Å². The van der Waals surface area contributed by atoms with Crippen molar-refractivity contribution in [2.75, 3.05) is 12.4 Å². The van der Waals surface area contributed by atoms with Gasteiger partial charge in [-0.3, -0.25) is 10.2 Å². The Labute approximate surface area is 79.2 Å². The Bertz CT molecular complexity index is 355. The zero-order chi connectivity index (χ0) is 9.84. The van der Waals surface area contributed by atoms with E-state index >= 15 is 0 Å². The van der Waals surface area contributed by atoms with Gasteiger partial charge < -0.3 is 10.6 Å². The van der Waals surface area contributed by atoms with E-state index in [-0.39, 0.29) is 17.2 Å². The molecule has 1 aromatic heterocycles. The van der Waals surface area contributed by atoms with Crippen LogP contribution in [0.1, 0.15) is 12.6 Å². The molecule has 0 unspecified atom stereocenters. The molecule has 1 rings (SSSR count). The predicted octanol–water partition coefficient (Wildman–Crippen LogP) is -0.152. The lowest BCUT2D eigenvalue weighted by molar-refractivity contribution is -0.142. The van der Waals surface area contributed by atoms with Crippen molar-refractivity contribution in [1.82, 2.24) is 4.68 Å². The number of nitrogens with two attached hydrogens (primary N) is 1. The fourth-order valence-electron chi connectivity index (χ4n) is 0.855. The molecule has 0 saturated carbocycles. The molecule has 0 fully saturated rings. The molecule has 0 radical (unpaired) electrons. The quantitative estimate of drug-likeness (QED) is 0.527. The Morgan fingerprint density at radius 1 is 1.85 bits per heavy atom. The summed E-state index contributed by atoms with van der Waals surface area (Å²) in [5.41, 5.74) is 0.605. The summed E-state index contributed by atoms with van der Waals surface area (Å²) in [5, 5.41) is 8.97. The third-order valence-corrected chi connectivity index (χ3v) is 2.28. The molecular weight excluding hydrogens is 190 g/mol. The lowest BCUT2D eigenvalue weighted by Crippen LogP contribution is -2.25. The lowest BCUT2D eigenvalue weighted by atomic mass is 10.3. The highest BCUT2D eigenvalue weighted by Gasteiger charge is 2.08. The van der Waals surface area contributed by atoms with Crippen LogP contribution in [0.3, 0.4) is 0 Å². The van der Waals surface area contributed by atoms with Crippen molar-refractivity contribution >= 4 is 17.3 Å². The second-order valence-electron chi connectivity index (χ2n) is 2.38. The average Bonchev–Trinajstić information content (AvgIpc) is 2.37. The maximum absolute atomic E-state index is 11.0. The summed E-state index contributed by atoms with van der Waals surface area (Å²) in [7, 11) is 0. The SMILES string of the molecule is CCOC(=O)Cc1csc(=N)n1N. The second-order valence-corrected chi connectivity index (χ2v) is 3.24. The standard InChI is InChI=1S/C7H11N3O2S/c1-2-12-6(11)3-5-4-13-7(8)10(5)9/h4,8H,2-3,9H2,1H3. The molecule has 0 aliphatic rings. The number of hydrogen-bond donors (Lipinski definition) is 2. The van der Waals surface area contributed by atoms with Crippen molar-refractivity contribution in [1.29, 1.82) is 5.41 Å². The molecule has 1 heterocycles. The average molecular weight is 201 g/mol. The Morgan fingerprint density at radius 3 is 3.00 bits per heavy atom. The molecule has 6 heteroatoms. The van der Waals surface area contributed by atoms with Crippen LogP contribution in [0, 0.1) is 5.41 Å². The Morgan fingerprint density at radius 2 is 2.54 bits per heavy atom. The molecule has 0 aromatic carbocycles. The molecule has 0 spiro atoms. The van der Waals surface area contributed by atoms with Crippen molar-refractivity contribution in [2.45, 2.75) is 13.3 Å². The maximum Gasteiger partial charge on any atom is 0.311 e. The number of hydrogen-bond acceptors (Lipinski definition) is 5. The van der Waals surface area contributed by atoms with E-state index in [2.05, 4.69) is 0 Å². The molecular formula is C7H11N3O2S. The van der Waals surface area contributed by atoms with Crippen LogP contribution in [-0.2, 0) is 16.0 Å². The number of carbonyl (C=O) groups is 1. The number of esters is 1. The van der Waals surface area contributed by atoms with Crippen LogP contribution >= 0.6 is 11.3 Å². The fraction of sp³-hybridized carbons (Fsp3) is 0.429. The van der Waals surface area contributed by atoms with E-state index in [9.17, 15) is 4.79 Å². The highest BCUT2D eigenvalue weighted by Crippen LogP contribution is 2.00. The minimum Gasteiger partial charge on any atom is -0.466 e. The summed E-state index contributed by atoms with van der Waals surface area (Å²) >= 11 is 1.19. The van der Waals surface area contributed by atoms with Gasteiger partial charge in [-0.2, -0.15) is 0 Å². The Balaban J connectivity index is 2.69. The van der Waals surface area contributed by atoms with Crippen molar-refractivity contribution < 1.29 is 9.53 Å². The van der Waals surface area contributed by atoms with Crippen LogP contribution in [0.5, 0.6) is 0 Å². The van der Waals surface area contributed by atoms with Gasteiger partial charge in [0.1, 0.15) is 0 Å². The summed E-state index contributed by atoms with van der Waals surface area (Å²) in [5.74, 6) is 5.16. The molecule has 0 amide bonds. The largest absolute Gasteiger partial charge is 0.466 e.